The Morgan fingerprint density at radius 1 is 1.36 bits per heavy atom. The van der Waals surface area contributed by atoms with E-state index in [4.69, 9.17) is 4.42 Å². The largest absolute Gasteiger partial charge is 0.459 e. The Labute approximate surface area is 148 Å². The molecule has 136 valence electrons. The lowest BCUT2D eigenvalue weighted by atomic mass is 9.92. The summed E-state index contributed by atoms with van der Waals surface area (Å²) >= 11 is 0. The summed E-state index contributed by atoms with van der Waals surface area (Å²) in [4.78, 5) is 26.4. The second-order valence-corrected chi connectivity index (χ2v) is 7.34. The highest BCUT2D eigenvalue weighted by Gasteiger charge is 2.25. The lowest BCUT2D eigenvalue weighted by molar-refractivity contribution is -0.117. The van der Waals surface area contributed by atoms with E-state index in [1.54, 1.807) is 23.9 Å². The summed E-state index contributed by atoms with van der Waals surface area (Å²) in [6.45, 7) is 9.83. The van der Waals surface area contributed by atoms with Crippen LogP contribution in [0.2, 0.25) is 0 Å². The molecule has 0 unspecified atom stereocenters. The van der Waals surface area contributed by atoms with E-state index in [1.165, 1.54) is 11.2 Å². The fraction of sp³-hybridized carbons (Fsp3) is 0.500. The number of nitrogens with zero attached hydrogens (tertiary/aromatic N) is 3. The molecule has 0 saturated heterocycles. The van der Waals surface area contributed by atoms with Crippen LogP contribution in [-0.2, 0) is 17.3 Å². The highest BCUT2D eigenvalue weighted by Crippen LogP contribution is 2.23. The normalized spacial score (nSPS) is 11.6. The summed E-state index contributed by atoms with van der Waals surface area (Å²) in [5, 5.41) is 7.26. The van der Waals surface area contributed by atoms with Crippen LogP contribution in [0.3, 0.4) is 0 Å². The Morgan fingerprint density at radius 3 is 2.52 bits per heavy atom. The van der Waals surface area contributed by atoms with Gasteiger partial charge in [-0.15, -0.1) is 0 Å². The zero-order valence-electron chi connectivity index (χ0n) is 15.7. The highest BCUT2D eigenvalue weighted by molar-refractivity contribution is 5.97. The molecule has 7 nitrogen and oxygen atoms in total. The number of nitrogens with one attached hydrogen (secondary N) is 1. The zero-order valence-corrected chi connectivity index (χ0v) is 15.7. The number of furan rings is 1. The predicted molar refractivity (Wildman–Crippen MR) is 95.4 cm³/mol. The van der Waals surface area contributed by atoms with E-state index in [-0.39, 0.29) is 35.6 Å². The van der Waals surface area contributed by atoms with Crippen LogP contribution in [0.1, 0.15) is 50.9 Å². The van der Waals surface area contributed by atoms with Crippen molar-refractivity contribution in [2.45, 2.75) is 46.1 Å². The number of hydrogen-bond acceptors (Lipinski definition) is 4. The molecule has 1 N–H and O–H groups in total. The second kappa shape index (κ2) is 7.13. The van der Waals surface area contributed by atoms with Crippen molar-refractivity contribution < 1.29 is 14.0 Å². The molecule has 2 heterocycles. The van der Waals surface area contributed by atoms with Gasteiger partial charge >= 0.3 is 0 Å². The number of rotatable bonds is 5. The van der Waals surface area contributed by atoms with Crippen LogP contribution in [0.25, 0.3) is 0 Å². The monoisotopic (exact) mass is 346 g/mol. The number of aromatic nitrogens is 2. The van der Waals surface area contributed by atoms with Crippen molar-refractivity contribution in [1.29, 1.82) is 0 Å². The molecular formula is C18H26N4O3. The molecule has 2 rings (SSSR count). The molecule has 2 aromatic rings. The third kappa shape index (κ3) is 4.49. The van der Waals surface area contributed by atoms with E-state index in [1.807, 2.05) is 19.9 Å². The average molecular weight is 346 g/mol. The molecule has 0 aromatic carbocycles. The van der Waals surface area contributed by atoms with Gasteiger partial charge in [0.1, 0.15) is 12.4 Å². The summed E-state index contributed by atoms with van der Waals surface area (Å²) in [6, 6.07) is 4.95. The summed E-state index contributed by atoms with van der Waals surface area (Å²) in [6.07, 6.45) is 1.44. The molecule has 2 amide bonds. The van der Waals surface area contributed by atoms with Gasteiger partial charge in [-0.25, -0.2) is 0 Å². The van der Waals surface area contributed by atoms with Crippen LogP contribution in [0, 0.1) is 0 Å². The van der Waals surface area contributed by atoms with E-state index >= 15 is 0 Å². The third-order valence-corrected chi connectivity index (χ3v) is 3.85. The number of amides is 2. The van der Waals surface area contributed by atoms with Crippen LogP contribution in [-0.4, -0.2) is 39.1 Å². The molecule has 0 bridgehead atoms. The van der Waals surface area contributed by atoms with Crippen LogP contribution in [0.15, 0.2) is 28.9 Å². The quantitative estimate of drug-likeness (QED) is 0.903. The van der Waals surface area contributed by atoms with Gasteiger partial charge in [0, 0.05) is 24.6 Å². The average Bonchev–Trinajstić information content (AvgIpc) is 3.14. The number of carbonyl (C=O) groups is 2. The van der Waals surface area contributed by atoms with Crippen molar-refractivity contribution in [3.8, 4) is 0 Å². The number of aryl methyl sites for hydroxylation is 1. The maximum absolute atomic E-state index is 12.5. The van der Waals surface area contributed by atoms with E-state index in [9.17, 15) is 9.59 Å². The molecule has 0 aliphatic rings. The molecule has 0 spiro atoms. The standard InChI is InChI=1S/C18H26N4O3/c1-12(2)22(17(24)13-8-7-9-25-13)11-16(23)19-15-10-14(18(3,4)5)20-21(15)6/h7-10,12H,11H2,1-6H3,(H,19,23). The zero-order chi connectivity index (χ0) is 18.8. The maximum Gasteiger partial charge on any atom is 0.290 e. The van der Waals surface area contributed by atoms with Gasteiger partial charge in [-0.1, -0.05) is 20.8 Å². The first-order valence-corrected chi connectivity index (χ1v) is 8.28. The van der Waals surface area contributed by atoms with E-state index < -0.39 is 0 Å². The van der Waals surface area contributed by atoms with Crippen LogP contribution < -0.4 is 5.32 Å². The Kier molecular flexibility index (Phi) is 5.35. The first kappa shape index (κ1) is 18.8. The Balaban J connectivity index is 2.10. The Hall–Kier alpha value is -2.57. The molecule has 7 heteroatoms. The minimum absolute atomic E-state index is 0.0623. The van der Waals surface area contributed by atoms with Crippen LogP contribution in [0.5, 0.6) is 0 Å². The molecular weight excluding hydrogens is 320 g/mol. The first-order valence-electron chi connectivity index (χ1n) is 8.28. The van der Waals surface area contributed by atoms with Crippen LogP contribution in [0.4, 0.5) is 5.82 Å². The van der Waals surface area contributed by atoms with Crippen molar-refractivity contribution >= 4 is 17.6 Å². The molecule has 0 radical (unpaired) electrons. The molecule has 0 aliphatic heterocycles. The molecule has 25 heavy (non-hydrogen) atoms. The molecule has 0 atom stereocenters. The lowest BCUT2D eigenvalue weighted by Gasteiger charge is -2.25. The topological polar surface area (TPSA) is 80.4 Å². The van der Waals surface area contributed by atoms with Crippen molar-refractivity contribution in [3.63, 3.8) is 0 Å². The van der Waals surface area contributed by atoms with Crippen LogP contribution >= 0.6 is 0 Å². The molecule has 2 aromatic heterocycles. The van der Waals surface area contributed by atoms with Crippen molar-refractivity contribution in [1.82, 2.24) is 14.7 Å². The van der Waals surface area contributed by atoms with Gasteiger partial charge in [0.2, 0.25) is 5.91 Å². The molecule has 0 saturated carbocycles. The third-order valence-electron chi connectivity index (χ3n) is 3.85. The van der Waals surface area contributed by atoms with E-state index in [0.717, 1.165) is 5.69 Å². The fourth-order valence-corrected chi connectivity index (χ4v) is 2.32. The summed E-state index contributed by atoms with van der Waals surface area (Å²) in [7, 11) is 1.78. The second-order valence-electron chi connectivity index (χ2n) is 7.34. The smallest absolute Gasteiger partial charge is 0.290 e. The van der Waals surface area contributed by atoms with Gasteiger partial charge in [-0.3, -0.25) is 14.3 Å². The van der Waals surface area contributed by atoms with Crippen molar-refractivity contribution in [3.05, 3.63) is 35.9 Å². The van der Waals surface area contributed by atoms with Gasteiger partial charge in [0.25, 0.3) is 5.91 Å². The summed E-state index contributed by atoms with van der Waals surface area (Å²) in [5.74, 6) is 0.230. The van der Waals surface area contributed by atoms with Gasteiger partial charge in [-0.2, -0.15) is 5.10 Å². The first-order chi connectivity index (χ1) is 11.6. The maximum atomic E-state index is 12.5. The predicted octanol–water partition coefficient (Wildman–Crippen LogP) is 2.80. The van der Waals surface area contributed by atoms with E-state index in [2.05, 4.69) is 31.2 Å². The highest BCUT2D eigenvalue weighted by atomic mass is 16.3. The fourth-order valence-electron chi connectivity index (χ4n) is 2.32. The minimum Gasteiger partial charge on any atom is -0.459 e. The Morgan fingerprint density at radius 2 is 2.04 bits per heavy atom. The number of hydrogen-bond donors (Lipinski definition) is 1. The Bertz CT molecular complexity index is 739. The summed E-state index contributed by atoms with van der Waals surface area (Å²) in [5.41, 5.74) is 0.776. The SMILES string of the molecule is CC(C)N(CC(=O)Nc1cc(C(C)(C)C)nn1C)C(=O)c1ccco1. The minimum atomic E-state index is -0.310. The van der Waals surface area contributed by atoms with Crippen molar-refractivity contribution in [2.24, 2.45) is 7.05 Å². The number of anilines is 1. The summed E-state index contributed by atoms with van der Waals surface area (Å²) < 4.78 is 6.78. The molecule has 0 aliphatic carbocycles. The van der Waals surface area contributed by atoms with Gasteiger partial charge in [0.05, 0.1) is 12.0 Å². The number of carbonyl (C=O) groups excluding carboxylic acids is 2. The molecule has 0 fully saturated rings. The van der Waals surface area contributed by atoms with Gasteiger partial charge in [0.15, 0.2) is 5.76 Å². The van der Waals surface area contributed by atoms with Crippen molar-refractivity contribution in [2.75, 3.05) is 11.9 Å². The van der Waals surface area contributed by atoms with Gasteiger partial charge in [-0.05, 0) is 26.0 Å². The van der Waals surface area contributed by atoms with E-state index in [0.29, 0.717) is 5.82 Å². The lowest BCUT2D eigenvalue weighted by Crippen LogP contribution is -2.42. The van der Waals surface area contributed by atoms with Gasteiger partial charge < -0.3 is 14.6 Å².